The molecule has 3 aromatic rings. The molecule has 1 aliphatic rings. The average Bonchev–Trinajstić information content (AvgIpc) is 3.22. The Kier molecular flexibility index (Phi) is 6.22. The molecule has 11 heteroatoms. The van der Waals surface area contributed by atoms with Gasteiger partial charge in [0.1, 0.15) is 27.7 Å². The van der Waals surface area contributed by atoms with Crippen LogP contribution in [0.4, 0.5) is 19.5 Å². The summed E-state index contributed by atoms with van der Waals surface area (Å²) < 4.78 is 36.0. The Morgan fingerprint density at radius 1 is 1.31 bits per heavy atom. The summed E-state index contributed by atoms with van der Waals surface area (Å²) in [6.07, 6.45) is 3.40. The molecule has 2 aromatic heterocycles. The number of carbonyl (C=O) groups is 1. The molecule has 3 heterocycles. The van der Waals surface area contributed by atoms with Crippen LogP contribution < -0.4 is 16.8 Å². The van der Waals surface area contributed by atoms with Gasteiger partial charge in [-0.15, -0.1) is 0 Å². The number of hydrogen-bond acceptors (Lipinski definition) is 7. The Hall–Kier alpha value is -2.89. The number of benzene rings is 1. The Labute approximate surface area is 187 Å². The Balaban J connectivity index is 1.60. The largest absolute Gasteiger partial charge is 0.389 e. The van der Waals surface area contributed by atoms with Crippen molar-refractivity contribution in [1.29, 1.82) is 0 Å². The maximum Gasteiger partial charge on any atom is 0.277 e. The molecule has 0 bridgehead atoms. The van der Waals surface area contributed by atoms with Crippen molar-refractivity contribution in [2.45, 2.75) is 44.4 Å². The molecule has 1 aromatic carbocycles. The lowest BCUT2D eigenvalue weighted by molar-refractivity contribution is -0.00360. The van der Waals surface area contributed by atoms with Gasteiger partial charge in [-0.25, -0.2) is 13.8 Å². The van der Waals surface area contributed by atoms with Gasteiger partial charge in [-0.1, -0.05) is 17.4 Å². The molecule has 8 nitrogen and oxygen atoms in total. The number of thiazole rings is 1. The lowest BCUT2D eigenvalue weighted by Crippen LogP contribution is -2.23. The number of anilines is 2. The highest BCUT2D eigenvalue weighted by Gasteiger charge is 2.29. The number of rotatable bonds is 4. The summed E-state index contributed by atoms with van der Waals surface area (Å²) in [7, 11) is 1.76. The summed E-state index contributed by atoms with van der Waals surface area (Å²) in [5.74, 6) is -2.16. The maximum atomic E-state index is 14.1. The van der Waals surface area contributed by atoms with E-state index in [1.54, 1.807) is 11.7 Å². The highest BCUT2D eigenvalue weighted by molar-refractivity contribution is 7.19. The molecule has 0 radical (unpaired) electrons. The Morgan fingerprint density at radius 2 is 2.03 bits per heavy atom. The minimum atomic E-state index is -0.780. The predicted octanol–water partition coefficient (Wildman–Crippen LogP) is 3.61. The summed E-state index contributed by atoms with van der Waals surface area (Å²) in [6.45, 7) is 1.96. The molecule has 170 valence electrons. The number of aromatic nitrogens is 3. The first-order valence-corrected chi connectivity index (χ1v) is 11.0. The zero-order valence-electron chi connectivity index (χ0n) is 17.6. The van der Waals surface area contributed by atoms with Gasteiger partial charge in [-0.3, -0.25) is 9.48 Å². The van der Waals surface area contributed by atoms with E-state index in [4.69, 9.17) is 16.2 Å². The van der Waals surface area contributed by atoms with Crippen molar-refractivity contribution >= 4 is 27.9 Å². The normalized spacial score (nSPS) is 21.3. The minimum Gasteiger partial charge on any atom is -0.389 e. The second-order valence-corrected chi connectivity index (χ2v) is 8.89. The second kappa shape index (κ2) is 8.93. The monoisotopic (exact) mass is 462 g/mol. The predicted molar refractivity (Wildman–Crippen MR) is 118 cm³/mol. The zero-order chi connectivity index (χ0) is 23.0. The van der Waals surface area contributed by atoms with Gasteiger partial charge >= 0.3 is 0 Å². The molecule has 0 saturated carbocycles. The summed E-state index contributed by atoms with van der Waals surface area (Å²) >= 11 is 0.842. The van der Waals surface area contributed by atoms with Crippen LogP contribution >= 0.6 is 11.3 Å². The van der Waals surface area contributed by atoms with Gasteiger partial charge in [-0.2, -0.15) is 5.10 Å². The fraction of sp³-hybridized carbons (Fsp3) is 0.381. The van der Waals surface area contributed by atoms with Gasteiger partial charge in [0.15, 0.2) is 5.69 Å². The third-order valence-electron chi connectivity index (χ3n) is 5.41. The molecular weight excluding hydrogens is 438 g/mol. The molecule has 32 heavy (non-hydrogen) atoms. The number of nitrogens with one attached hydrogen (secondary N) is 1. The quantitative estimate of drug-likeness (QED) is 0.545. The minimum absolute atomic E-state index is 0.00965. The van der Waals surface area contributed by atoms with Crippen LogP contribution in [0.15, 0.2) is 24.4 Å². The van der Waals surface area contributed by atoms with Crippen LogP contribution in [0.3, 0.4) is 0 Å². The molecule has 1 aliphatic heterocycles. The van der Waals surface area contributed by atoms with Crippen LogP contribution in [-0.4, -0.2) is 32.8 Å². The van der Waals surface area contributed by atoms with Crippen molar-refractivity contribution in [3.63, 3.8) is 0 Å². The van der Waals surface area contributed by atoms with E-state index in [1.807, 2.05) is 6.92 Å². The van der Waals surface area contributed by atoms with Crippen molar-refractivity contribution in [2.24, 2.45) is 12.8 Å². The van der Waals surface area contributed by atoms with E-state index in [0.717, 1.165) is 36.3 Å². The summed E-state index contributed by atoms with van der Waals surface area (Å²) in [5, 5.41) is 7.07. The first kappa shape index (κ1) is 22.3. The van der Waals surface area contributed by atoms with E-state index >= 15 is 0 Å². The van der Waals surface area contributed by atoms with E-state index in [9.17, 15) is 13.6 Å². The number of nitrogens with zero attached hydrogens (tertiary/aromatic N) is 3. The highest BCUT2D eigenvalue weighted by atomic mass is 32.1. The average molecular weight is 463 g/mol. The van der Waals surface area contributed by atoms with E-state index < -0.39 is 17.5 Å². The van der Waals surface area contributed by atoms with E-state index in [0.29, 0.717) is 17.8 Å². The standard InChI is InChI=1S/C21H24F2N6O2S/c1-10-8-11(24)6-7-15(31-10)18-14(9-26-29(18)2)27-20(30)17-19(25)32-21(28-17)16-12(22)4-3-5-13(16)23/h3-5,9-11,15H,6-8,24-25H2,1-2H3,(H,27,30). The molecule has 1 amide bonds. The Morgan fingerprint density at radius 3 is 2.75 bits per heavy atom. The van der Waals surface area contributed by atoms with Crippen LogP contribution in [-0.2, 0) is 11.8 Å². The molecule has 3 unspecified atom stereocenters. The number of halogens is 2. The third-order valence-corrected chi connectivity index (χ3v) is 6.32. The van der Waals surface area contributed by atoms with Crippen LogP contribution in [0, 0.1) is 11.6 Å². The molecule has 3 atom stereocenters. The van der Waals surface area contributed by atoms with Crippen LogP contribution in [0.1, 0.15) is 48.5 Å². The fourth-order valence-corrected chi connectivity index (χ4v) is 4.80. The van der Waals surface area contributed by atoms with Gasteiger partial charge in [0, 0.05) is 13.1 Å². The summed E-state index contributed by atoms with van der Waals surface area (Å²) in [4.78, 5) is 17.1. The van der Waals surface area contributed by atoms with E-state index in [1.165, 1.54) is 12.3 Å². The number of nitrogen functional groups attached to an aromatic ring is 1. The third kappa shape index (κ3) is 4.36. The van der Waals surface area contributed by atoms with Gasteiger partial charge in [-0.05, 0) is 38.3 Å². The number of nitrogens with two attached hydrogens (primary N) is 2. The van der Waals surface area contributed by atoms with E-state index in [2.05, 4.69) is 15.4 Å². The number of ether oxygens (including phenoxy) is 1. The van der Waals surface area contributed by atoms with Gasteiger partial charge in [0.2, 0.25) is 0 Å². The van der Waals surface area contributed by atoms with Crippen molar-refractivity contribution in [3.05, 3.63) is 47.4 Å². The summed E-state index contributed by atoms with van der Waals surface area (Å²) in [5.41, 5.74) is 12.8. The van der Waals surface area contributed by atoms with Gasteiger partial charge in [0.05, 0.1) is 29.2 Å². The van der Waals surface area contributed by atoms with Gasteiger partial charge in [0.25, 0.3) is 5.91 Å². The van der Waals surface area contributed by atoms with Crippen LogP contribution in [0.5, 0.6) is 0 Å². The SMILES string of the molecule is CC1CC(N)CCC(c2c(NC(=O)c3nc(-c4c(F)cccc4F)sc3N)cnn2C)O1. The van der Waals surface area contributed by atoms with Gasteiger partial charge < -0.3 is 21.5 Å². The molecule has 0 spiro atoms. The lowest BCUT2D eigenvalue weighted by atomic mass is 10.0. The first-order chi connectivity index (χ1) is 15.2. The molecule has 1 saturated heterocycles. The second-order valence-electron chi connectivity index (χ2n) is 7.86. The summed E-state index contributed by atoms with van der Waals surface area (Å²) in [6, 6.07) is 3.55. The van der Waals surface area contributed by atoms with Crippen LogP contribution in [0.25, 0.3) is 10.6 Å². The fourth-order valence-electron chi connectivity index (χ4n) is 3.93. The molecular formula is C21H24F2N6O2S. The Bertz CT molecular complexity index is 1130. The number of carbonyl (C=O) groups excluding carboxylic acids is 1. The van der Waals surface area contributed by atoms with Crippen molar-refractivity contribution in [3.8, 4) is 10.6 Å². The number of aryl methyl sites for hydroxylation is 1. The molecule has 5 N–H and O–H groups in total. The number of amides is 1. The lowest BCUT2D eigenvalue weighted by Gasteiger charge is -2.20. The zero-order valence-corrected chi connectivity index (χ0v) is 18.5. The number of hydrogen-bond donors (Lipinski definition) is 3. The van der Waals surface area contributed by atoms with Crippen LogP contribution in [0.2, 0.25) is 0 Å². The molecule has 1 fully saturated rings. The smallest absolute Gasteiger partial charge is 0.277 e. The molecule has 4 rings (SSSR count). The topological polar surface area (TPSA) is 121 Å². The van der Waals surface area contributed by atoms with Crippen molar-refractivity contribution in [2.75, 3.05) is 11.1 Å². The van der Waals surface area contributed by atoms with E-state index in [-0.39, 0.29) is 39.5 Å². The maximum absolute atomic E-state index is 14.1. The molecule has 0 aliphatic carbocycles. The van der Waals surface area contributed by atoms with Crippen molar-refractivity contribution < 1.29 is 18.3 Å². The van der Waals surface area contributed by atoms with Crippen molar-refractivity contribution in [1.82, 2.24) is 14.8 Å². The highest BCUT2D eigenvalue weighted by Crippen LogP contribution is 2.36. The first-order valence-electron chi connectivity index (χ1n) is 10.2.